The molecular formula is C31H47N5O3S. The van der Waals surface area contributed by atoms with Gasteiger partial charge in [-0.2, -0.15) is 0 Å². The van der Waals surface area contributed by atoms with Gasteiger partial charge in [0.05, 0.1) is 15.2 Å². The molecule has 0 aliphatic heterocycles. The molecule has 1 fully saturated rings. The molecule has 2 aromatic rings. The Morgan fingerprint density at radius 1 is 1.12 bits per heavy atom. The second-order valence-electron chi connectivity index (χ2n) is 11.7. The van der Waals surface area contributed by atoms with Gasteiger partial charge in [0, 0.05) is 37.5 Å². The van der Waals surface area contributed by atoms with E-state index in [9.17, 15) is 14.4 Å². The van der Waals surface area contributed by atoms with Crippen LogP contribution in [0.15, 0.2) is 30.4 Å². The van der Waals surface area contributed by atoms with Crippen LogP contribution in [0, 0.1) is 5.92 Å². The zero-order chi connectivity index (χ0) is 29.2. The van der Waals surface area contributed by atoms with E-state index in [1.54, 1.807) is 18.3 Å². The lowest BCUT2D eigenvalue weighted by atomic mass is 9.84. The highest BCUT2D eigenvalue weighted by atomic mass is 32.1. The summed E-state index contributed by atoms with van der Waals surface area (Å²) >= 11 is 1.57. The van der Waals surface area contributed by atoms with Crippen LogP contribution >= 0.6 is 11.3 Å². The van der Waals surface area contributed by atoms with Gasteiger partial charge in [0.25, 0.3) is 0 Å². The molecule has 0 bridgehead atoms. The smallest absolute Gasteiger partial charge is 0.247 e. The maximum atomic E-state index is 13.6. The van der Waals surface area contributed by atoms with Crippen LogP contribution in [0.5, 0.6) is 0 Å². The summed E-state index contributed by atoms with van der Waals surface area (Å²) in [7, 11) is 3.79. The van der Waals surface area contributed by atoms with Gasteiger partial charge in [-0.3, -0.25) is 14.4 Å². The van der Waals surface area contributed by atoms with Crippen molar-refractivity contribution >= 4 is 39.3 Å². The Kier molecular flexibility index (Phi) is 12.1. The maximum absolute atomic E-state index is 13.6. The fourth-order valence-electron chi connectivity index (χ4n) is 5.23. The molecule has 0 spiro atoms. The van der Waals surface area contributed by atoms with Crippen LogP contribution in [0.25, 0.3) is 10.2 Å². The summed E-state index contributed by atoms with van der Waals surface area (Å²) in [5.41, 5.74) is 2.63. The van der Waals surface area contributed by atoms with E-state index in [2.05, 4.69) is 48.5 Å². The van der Waals surface area contributed by atoms with E-state index in [1.807, 2.05) is 25.1 Å². The Hall–Kier alpha value is -2.78. The van der Waals surface area contributed by atoms with Crippen molar-refractivity contribution in [2.24, 2.45) is 5.92 Å². The molecule has 0 unspecified atom stereocenters. The number of nitrogens with one attached hydrogen (secondary N) is 3. The number of carbonyl (C=O) groups is 3. The molecule has 3 amide bonds. The summed E-state index contributed by atoms with van der Waals surface area (Å²) in [4.78, 5) is 45.4. The van der Waals surface area contributed by atoms with Gasteiger partial charge in [0.1, 0.15) is 6.04 Å². The molecule has 3 rings (SSSR count). The van der Waals surface area contributed by atoms with Gasteiger partial charge in [0.2, 0.25) is 17.7 Å². The maximum Gasteiger partial charge on any atom is 0.247 e. The molecular weight excluding hydrogens is 522 g/mol. The van der Waals surface area contributed by atoms with E-state index < -0.39 is 6.04 Å². The van der Waals surface area contributed by atoms with E-state index in [4.69, 9.17) is 4.98 Å². The Balaban J connectivity index is 1.74. The fraction of sp³-hybridized carbons (Fsp3) is 0.613. The first kappa shape index (κ1) is 31.7. The third kappa shape index (κ3) is 9.70. The quantitative estimate of drug-likeness (QED) is 0.290. The lowest BCUT2D eigenvalue weighted by molar-refractivity contribution is -0.129. The first-order valence-electron chi connectivity index (χ1n) is 14.7. The minimum atomic E-state index is -0.745. The number of thiazole rings is 1. The normalized spacial score (nSPS) is 15.7. The third-order valence-electron chi connectivity index (χ3n) is 7.50. The topological polar surface area (TPSA) is 103 Å². The summed E-state index contributed by atoms with van der Waals surface area (Å²) in [6.07, 6.45) is 7.31. The third-order valence-corrected chi connectivity index (χ3v) is 8.54. The van der Waals surface area contributed by atoms with Crippen LogP contribution in [-0.4, -0.2) is 66.9 Å². The predicted molar refractivity (Wildman–Crippen MR) is 163 cm³/mol. The van der Waals surface area contributed by atoms with E-state index in [0.717, 1.165) is 34.5 Å². The number of benzene rings is 1. The van der Waals surface area contributed by atoms with Crippen molar-refractivity contribution < 1.29 is 14.4 Å². The van der Waals surface area contributed by atoms with Crippen LogP contribution in [-0.2, 0) is 20.8 Å². The number of aromatic nitrogens is 1. The zero-order valence-corrected chi connectivity index (χ0v) is 25.7. The summed E-state index contributed by atoms with van der Waals surface area (Å²) < 4.78 is 1.08. The molecule has 1 saturated carbocycles. The summed E-state index contributed by atoms with van der Waals surface area (Å²) in [5.74, 6) is 0.289. The van der Waals surface area contributed by atoms with Crippen LogP contribution in [0.2, 0.25) is 0 Å². The number of carbonyl (C=O) groups excluding carboxylic acids is 3. The highest BCUT2D eigenvalue weighted by Crippen LogP contribution is 2.28. The number of hydrogen-bond acceptors (Lipinski definition) is 6. The van der Waals surface area contributed by atoms with Crippen LogP contribution in [0.1, 0.15) is 82.2 Å². The van der Waals surface area contributed by atoms with Crippen LogP contribution in [0.4, 0.5) is 0 Å². The fourth-order valence-corrected chi connectivity index (χ4v) is 6.29. The second kappa shape index (κ2) is 15.3. The molecule has 3 N–H and O–H groups in total. The van der Waals surface area contributed by atoms with Crippen molar-refractivity contribution in [2.75, 3.05) is 27.2 Å². The molecule has 1 aromatic heterocycles. The van der Waals surface area contributed by atoms with Gasteiger partial charge in [-0.25, -0.2) is 4.98 Å². The summed E-state index contributed by atoms with van der Waals surface area (Å²) in [6, 6.07) is 5.30. The average molecular weight is 570 g/mol. The highest BCUT2D eigenvalue weighted by molar-refractivity contribution is 7.18. The van der Waals surface area contributed by atoms with Crippen LogP contribution in [0.3, 0.4) is 0 Å². The van der Waals surface area contributed by atoms with Gasteiger partial charge in [-0.15, -0.1) is 11.3 Å². The molecule has 220 valence electrons. The molecule has 0 saturated heterocycles. The largest absolute Gasteiger partial charge is 0.350 e. The number of likely N-dealkylation sites (N-methyl/N-ethyl adjacent to an activating group) is 1. The Labute approximate surface area is 243 Å². The molecule has 9 heteroatoms. The molecule has 1 aliphatic rings. The average Bonchev–Trinajstić information content (AvgIpc) is 3.32. The van der Waals surface area contributed by atoms with Gasteiger partial charge in [0.15, 0.2) is 0 Å². The summed E-state index contributed by atoms with van der Waals surface area (Å²) in [6.45, 7) is 10.8. The second-order valence-corrected chi connectivity index (χ2v) is 12.8. The van der Waals surface area contributed by atoms with Gasteiger partial charge in [-0.05, 0) is 50.0 Å². The monoisotopic (exact) mass is 569 g/mol. The predicted octanol–water partition coefficient (Wildman–Crippen LogP) is 4.55. The van der Waals surface area contributed by atoms with E-state index in [0.29, 0.717) is 36.9 Å². The number of fused-ring (bicyclic) bond motifs is 1. The number of nitrogens with zero attached hydrogens (tertiary/aromatic N) is 2. The highest BCUT2D eigenvalue weighted by Gasteiger charge is 2.27. The van der Waals surface area contributed by atoms with E-state index in [-0.39, 0.29) is 30.2 Å². The summed E-state index contributed by atoms with van der Waals surface area (Å²) in [5, 5.41) is 9.87. The molecule has 0 radical (unpaired) electrons. The number of amides is 3. The van der Waals surface area contributed by atoms with Gasteiger partial charge in [-0.1, -0.05) is 65.5 Å². The number of rotatable bonds is 14. The van der Waals surface area contributed by atoms with Crippen molar-refractivity contribution in [3.05, 3.63) is 40.9 Å². The molecule has 2 atom stereocenters. The minimum Gasteiger partial charge on any atom is -0.350 e. The van der Waals surface area contributed by atoms with Crippen molar-refractivity contribution in [2.45, 2.75) is 90.1 Å². The lowest BCUT2D eigenvalue weighted by Crippen LogP contribution is -2.53. The lowest BCUT2D eigenvalue weighted by Gasteiger charge is -2.29. The van der Waals surface area contributed by atoms with E-state index in [1.165, 1.54) is 24.8 Å². The standard InChI is InChI=1S/C31H47N5O3S/c1-7-28(37)34-26(17-29-35-25-14-13-23(20(2)3)16-27(25)40-29)31(39)33-24(15-22-11-9-8-10-12-22)18-32-30(38)21(4)19-36(5)6/h13-14,16,20,22,24,26H,4,7-12,15,17-19H2,1-3,5-6H3,(H,32,38)(H,33,39)(H,34,37)/t24-,26-/m0/s1. The van der Waals surface area contributed by atoms with Crippen molar-refractivity contribution in [1.82, 2.24) is 25.8 Å². The molecule has 8 nitrogen and oxygen atoms in total. The molecule has 1 heterocycles. The SMILES string of the molecule is C=C(CN(C)C)C(=O)NC[C@H](CC1CCCCC1)NC(=O)[C@H](Cc1nc2ccc(C(C)C)cc2s1)NC(=O)CC. The zero-order valence-electron chi connectivity index (χ0n) is 24.8. The van der Waals surface area contributed by atoms with E-state index >= 15 is 0 Å². The molecule has 40 heavy (non-hydrogen) atoms. The van der Waals surface area contributed by atoms with Crippen molar-refractivity contribution in [3.63, 3.8) is 0 Å². The number of hydrogen-bond donors (Lipinski definition) is 3. The Bertz CT molecular complexity index is 1170. The van der Waals surface area contributed by atoms with Crippen molar-refractivity contribution in [1.29, 1.82) is 0 Å². The molecule has 1 aliphatic carbocycles. The van der Waals surface area contributed by atoms with Crippen molar-refractivity contribution in [3.8, 4) is 0 Å². The molecule has 1 aromatic carbocycles. The van der Waals surface area contributed by atoms with Gasteiger partial charge < -0.3 is 20.9 Å². The minimum absolute atomic E-state index is 0.180. The van der Waals surface area contributed by atoms with Gasteiger partial charge >= 0.3 is 0 Å². The Morgan fingerprint density at radius 2 is 1.85 bits per heavy atom. The first-order chi connectivity index (χ1) is 19.0. The Morgan fingerprint density at radius 3 is 2.50 bits per heavy atom. The first-order valence-corrected chi connectivity index (χ1v) is 15.5. The van der Waals surface area contributed by atoms with Crippen LogP contribution < -0.4 is 16.0 Å².